The second kappa shape index (κ2) is 5.30. The summed E-state index contributed by atoms with van der Waals surface area (Å²) in [6.07, 6.45) is 10.6. The van der Waals surface area contributed by atoms with Gasteiger partial charge in [-0.05, 0) is 18.9 Å². The Morgan fingerprint density at radius 1 is 1.21 bits per heavy atom. The SMILES string of the molecule is O=S(=O)(NC1CCCCC1)C1=CC=CC2N=S=NC12. The van der Waals surface area contributed by atoms with Crippen molar-refractivity contribution in [2.24, 2.45) is 8.73 Å². The lowest BCUT2D eigenvalue weighted by atomic mass is 9.96. The summed E-state index contributed by atoms with van der Waals surface area (Å²) in [4.78, 5) is 0.360. The van der Waals surface area contributed by atoms with Gasteiger partial charge in [-0.15, -0.1) is 0 Å². The van der Waals surface area contributed by atoms with Crippen LogP contribution in [0.3, 0.4) is 0 Å². The van der Waals surface area contributed by atoms with Gasteiger partial charge in [0.1, 0.15) is 12.1 Å². The average Bonchev–Trinajstić information content (AvgIpc) is 2.87. The first-order valence-electron chi connectivity index (χ1n) is 6.64. The standard InChI is InChI=1S/C12H17N3O2S2/c16-19(17,15-9-5-2-1-3-6-9)11-8-4-7-10-12(11)14-18-13-10/h4,7-10,12,15H,1-3,5-6H2. The molecule has 0 radical (unpaired) electrons. The van der Waals surface area contributed by atoms with Gasteiger partial charge in [0.05, 0.1) is 16.3 Å². The predicted octanol–water partition coefficient (Wildman–Crippen LogP) is 1.89. The third-order valence-corrected chi connectivity index (χ3v) is 6.05. The second-order valence-corrected chi connectivity index (χ2v) is 7.44. The van der Waals surface area contributed by atoms with Crippen molar-refractivity contribution in [3.05, 3.63) is 23.1 Å². The third-order valence-electron chi connectivity index (χ3n) is 3.75. The molecule has 1 N–H and O–H groups in total. The van der Waals surface area contributed by atoms with Crippen LogP contribution in [0.2, 0.25) is 0 Å². The quantitative estimate of drug-likeness (QED) is 0.864. The largest absolute Gasteiger partial charge is 0.239 e. The zero-order chi connectivity index (χ0) is 13.3. The van der Waals surface area contributed by atoms with E-state index in [2.05, 4.69) is 13.4 Å². The topological polar surface area (TPSA) is 70.9 Å². The van der Waals surface area contributed by atoms with E-state index in [9.17, 15) is 8.42 Å². The summed E-state index contributed by atoms with van der Waals surface area (Å²) in [5.41, 5.74) is 0. The van der Waals surface area contributed by atoms with Crippen LogP contribution < -0.4 is 4.72 Å². The molecule has 0 saturated heterocycles. The number of fused-ring (bicyclic) bond motifs is 1. The lowest BCUT2D eigenvalue weighted by Crippen LogP contribution is -2.40. The molecule has 0 aromatic heterocycles. The van der Waals surface area contributed by atoms with Crippen molar-refractivity contribution < 1.29 is 8.42 Å². The zero-order valence-electron chi connectivity index (χ0n) is 10.5. The highest BCUT2D eigenvalue weighted by Gasteiger charge is 2.35. The van der Waals surface area contributed by atoms with Gasteiger partial charge in [0.25, 0.3) is 0 Å². The van der Waals surface area contributed by atoms with Crippen LogP contribution >= 0.6 is 0 Å². The molecule has 5 nitrogen and oxygen atoms in total. The number of allylic oxidation sites excluding steroid dienone is 2. The molecular formula is C12H17N3O2S2. The fraction of sp³-hybridized carbons (Fsp3) is 0.667. The molecular weight excluding hydrogens is 282 g/mol. The van der Waals surface area contributed by atoms with Crippen LogP contribution in [-0.2, 0) is 21.4 Å². The molecule has 0 aromatic rings. The smallest absolute Gasteiger partial charge is 0.208 e. The van der Waals surface area contributed by atoms with Crippen molar-refractivity contribution >= 4 is 21.4 Å². The van der Waals surface area contributed by atoms with Gasteiger partial charge in [0.15, 0.2) is 0 Å². The maximum absolute atomic E-state index is 12.5. The Labute approximate surface area is 117 Å². The third kappa shape index (κ3) is 2.73. The Morgan fingerprint density at radius 3 is 2.79 bits per heavy atom. The lowest BCUT2D eigenvalue weighted by molar-refractivity contribution is 0.412. The van der Waals surface area contributed by atoms with Crippen molar-refractivity contribution in [3.8, 4) is 0 Å². The Bertz CT molecular complexity index is 582. The van der Waals surface area contributed by atoms with E-state index in [1.165, 1.54) is 6.42 Å². The number of nitrogens with one attached hydrogen (secondary N) is 1. The molecule has 7 heteroatoms. The predicted molar refractivity (Wildman–Crippen MR) is 75.9 cm³/mol. The molecule has 3 rings (SSSR count). The fourth-order valence-electron chi connectivity index (χ4n) is 2.73. The van der Waals surface area contributed by atoms with Crippen LogP contribution in [0.1, 0.15) is 32.1 Å². The van der Waals surface area contributed by atoms with Crippen LogP contribution in [0.5, 0.6) is 0 Å². The van der Waals surface area contributed by atoms with Crippen molar-refractivity contribution in [1.82, 2.24) is 4.72 Å². The number of hydrogen-bond acceptors (Lipinski definition) is 4. The first-order chi connectivity index (χ1) is 9.17. The van der Waals surface area contributed by atoms with E-state index in [1.807, 2.05) is 6.08 Å². The number of sulfonamides is 1. The summed E-state index contributed by atoms with van der Waals surface area (Å²) in [6, 6.07) is -0.404. The van der Waals surface area contributed by atoms with E-state index in [4.69, 9.17) is 0 Å². The molecule has 2 unspecified atom stereocenters. The molecule has 0 aromatic carbocycles. The van der Waals surface area contributed by atoms with Gasteiger partial charge in [-0.2, -0.15) is 0 Å². The molecule has 2 aliphatic carbocycles. The zero-order valence-corrected chi connectivity index (χ0v) is 12.2. The average molecular weight is 299 g/mol. The molecule has 1 saturated carbocycles. The molecule has 0 spiro atoms. The highest BCUT2D eigenvalue weighted by atomic mass is 32.2. The Morgan fingerprint density at radius 2 is 2.00 bits per heavy atom. The van der Waals surface area contributed by atoms with E-state index in [0.717, 1.165) is 37.0 Å². The van der Waals surface area contributed by atoms with Crippen molar-refractivity contribution in [2.75, 3.05) is 0 Å². The summed E-state index contributed by atoms with van der Waals surface area (Å²) in [5, 5.41) is 0. The minimum Gasteiger partial charge on any atom is -0.208 e. The summed E-state index contributed by atoms with van der Waals surface area (Å²) < 4.78 is 36.2. The molecule has 0 bridgehead atoms. The number of nitrogens with zero attached hydrogens (tertiary/aromatic N) is 2. The highest BCUT2D eigenvalue weighted by Crippen LogP contribution is 2.27. The van der Waals surface area contributed by atoms with E-state index in [1.54, 1.807) is 12.2 Å². The van der Waals surface area contributed by atoms with Crippen molar-refractivity contribution in [3.63, 3.8) is 0 Å². The van der Waals surface area contributed by atoms with Gasteiger partial charge in [-0.25, -0.2) is 21.9 Å². The molecule has 3 aliphatic rings. The Kier molecular flexibility index (Phi) is 3.68. The fourth-order valence-corrected chi connectivity index (χ4v) is 5.07. The minimum atomic E-state index is -3.44. The molecule has 0 amide bonds. The van der Waals surface area contributed by atoms with Gasteiger partial charge in [0, 0.05) is 6.04 Å². The molecule has 1 aliphatic heterocycles. The highest BCUT2D eigenvalue weighted by molar-refractivity contribution is 7.93. The molecule has 1 fully saturated rings. The summed E-state index contributed by atoms with van der Waals surface area (Å²) in [5.74, 6) is 0. The maximum atomic E-state index is 12.5. The first-order valence-corrected chi connectivity index (χ1v) is 8.85. The minimum absolute atomic E-state index is 0.0787. The lowest BCUT2D eigenvalue weighted by Gasteiger charge is -2.25. The Balaban J connectivity index is 1.78. The van der Waals surface area contributed by atoms with E-state index in [0.29, 0.717) is 4.91 Å². The summed E-state index contributed by atoms with van der Waals surface area (Å²) >= 11 is 1.11. The molecule has 104 valence electrons. The van der Waals surface area contributed by atoms with E-state index < -0.39 is 10.0 Å². The summed E-state index contributed by atoms with van der Waals surface area (Å²) in [7, 11) is -3.44. The maximum Gasteiger partial charge on any atom is 0.239 e. The van der Waals surface area contributed by atoms with Gasteiger partial charge in [0.2, 0.25) is 10.0 Å². The van der Waals surface area contributed by atoms with Gasteiger partial charge in [-0.1, -0.05) is 31.4 Å². The van der Waals surface area contributed by atoms with Crippen LogP contribution in [0.25, 0.3) is 0 Å². The number of hydrogen-bond donors (Lipinski definition) is 1. The summed E-state index contributed by atoms with van der Waals surface area (Å²) in [6.45, 7) is 0. The van der Waals surface area contributed by atoms with E-state index in [-0.39, 0.29) is 18.1 Å². The van der Waals surface area contributed by atoms with Gasteiger partial charge in [-0.3, -0.25) is 0 Å². The normalized spacial score (nSPS) is 30.8. The molecule has 1 heterocycles. The van der Waals surface area contributed by atoms with Gasteiger partial charge >= 0.3 is 0 Å². The molecule has 2 atom stereocenters. The first kappa shape index (κ1) is 13.2. The van der Waals surface area contributed by atoms with Crippen LogP contribution in [0.15, 0.2) is 31.9 Å². The second-order valence-electron chi connectivity index (χ2n) is 5.14. The van der Waals surface area contributed by atoms with Crippen LogP contribution in [0.4, 0.5) is 0 Å². The van der Waals surface area contributed by atoms with Crippen LogP contribution in [0, 0.1) is 0 Å². The van der Waals surface area contributed by atoms with E-state index >= 15 is 0 Å². The monoisotopic (exact) mass is 299 g/mol. The van der Waals surface area contributed by atoms with Crippen LogP contribution in [-0.4, -0.2) is 26.5 Å². The number of rotatable bonds is 3. The molecule has 19 heavy (non-hydrogen) atoms. The van der Waals surface area contributed by atoms with Crippen molar-refractivity contribution in [1.29, 1.82) is 0 Å². The Hall–Kier alpha value is -0.790. The van der Waals surface area contributed by atoms with Gasteiger partial charge < -0.3 is 0 Å². The van der Waals surface area contributed by atoms with Crippen molar-refractivity contribution in [2.45, 2.75) is 50.2 Å².